The Kier molecular flexibility index (Phi) is 2.19. The minimum absolute atomic E-state index is 0.301. The van der Waals surface area contributed by atoms with Gasteiger partial charge in [0.2, 0.25) is 0 Å². The normalized spacial score (nSPS) is 11.1. The maximum absolute atomic E-state index is 11.2. The molecule has 0 atom stereocenters. The van der Waals surface area contributed by atoms with Gasteiger partial charge < -0.3 is 9.97 Å². The van der Waals surface area contributed by atoms with E-state index in [2.05, 4.69) is 9.97 Å². The first-order chi connectivity index (χ1) is 7.09. The van der Waals surface area contributed by atoms with Gasteiger partial charge >= 0.3 is 11.1 Å². The van der Waals surface area contributed by atoms with Crippen molar-refractivity contribution < 1.29 is 0 Å². The average molecular weight is 204 g/mol. The lowest BCUT2D eigenvalue weighted by atomic mass is 10.0. The van der Waals surface area contributed by atoms with Crippen LogP contribution in [0.5, 0.6) is 0 Å². The minimum atomic E-state index is -0.608. The third-order valence-corrected chi connectivity index (χ3v) is 2.41. The zero-order chi connectivity index (χ0) is 11.0. The maximum Gasteiger partial charge on any atom is 0.314 e. The van der Waals surface area contributed by atoms with E-state index in [9.17, 15) is 9.59 Å². The third-order valence-electron chi connectivity index (χ3n) is 2.41. The molecule has 78 valence electrons. The summed E-state index contributed by atoms with van der Waals surface area (Å²) in [5.74, 6) is 0.301. The van der Waals surface area contributed by atoms with Crippen LogP contribution in [0, 0.1) is 0 Å². The predicted molar refractivity (Wildman–Crippen MR) is 59.3 cm³/mol. The van der Waals surface area contributed by atoms with Crippen LogP contribution in [-0.4, -0.2) is 9.97 Å². The molecule has 0 unspecified atom stereocenters. The number of nitrogens with one attached hydrogen (secondary N) is 2. The summed E-state index contributed by atoms with van der Waals surface area (Å²) in [7, 11) is 0. The van der Waals surface area contributed by atoms with Crippen molar-refractivity contribution in [3.05, 3.63) is 44.5 Å². The van der Waals surface area contributed by atoms with Gasteiger partial charge in [0, 0.05) is 0 Å². The Morgan fingerprint density at radius 3 is 2.40 bits per heavy atom. The Balaban J connectivity index is 2.92. The zero-order valence-electron chi connectivity index (χ0n) is 8.63. The number of para-hydroxylation sites is 1. The Hall–Kier alpha value is -1.84. The van der Waals surface area contributed by atoms with E-state index in [0.717, 1.165) is 11.1 Å². The van der Waals surface area contributed by atoms with Crippen molar-refractivity contribution in [1.29, 1.82) is 0 Å². The van der Waals surface area contributed by atoms with Gasteiger partial charge in [-0.05, 0) is 17.5 Å². The lowest BCUT2D eigenvalue weighted by Crippen LogP contribution is -2.29. The van der Waals surface area contributed by atoms with E-state index >= 15 is 0 Å². The number of fused-ring (bicyclic) bond motifs is 1. The first-order valence-electron chi connectivity index (χ1n) is 4.85. The van der Waals surface area contributed by atoms with E-state index in [1.165, 1.54) is 0 Å². The fourth-order valence-corrected chi connectivity index (χ4v) is 1.64. The van der Waals surface area contributed by atoms with E-state index in [4.69, 9.17) is 0 Å². The van der Waals surface area contributed by atoms with E-state index in [0.29, 0.717) is 11.4 Å². The van der Waals surface area contributed by atoms with Crippen LogP contribution in [0.2, 0.25) is 0 Å². The number of hydrogen-bond acceptors (Lipinski definition) is 2. The smallest absolute Gasteiger partial charge is 0.314 e. The highest BCUT2D eigenvalue weighted by Gasteiger charge is 2.06. The molecule has 0 spiro atoms. The van der Waals surface area contributed by atoms with Crippen LogP contribution in [0.3, 0.4) is 0 Å². The molecular weight excluding hydrogens is 192 g/mol. The summed E-state index contributed by atoms with van der Waals surface area (Å²) in [6, 6.07) is 5.59. The number of rotatable bonds is 1. The second-order valence-electron chi connectivity index (χ2n) is 3.83. The lowest BCUT2D eigenvalue weighted by Gasteiger charge is -2.08. The van der Waals surface area contributed by atoms with Crippen molar-refractivity contribution in [2.75, 3.05) is 0 Å². The van der Waals surface area contributed by atoms with Gasteiger partial charge in [0.1, 0.15) is 0 Å². The predicted octanol–water partition coefficient (Wildman–Crippen LogP) is 1.34. The van der Waals surface area contributed by atoms with Gasteiger partial charge in [0.05, 0.1) is 11.0 Å². The SMILES string of the molecule is CC(C)c1cccc2[nH]c(=O)c(=O)[nH]c12. The van der Waals surface area contributed by atoms with Crippen LogP contribution in [-0.2, 0) is 0 Å². The Morgan fingerprint density at radius 1 is 1.07 bits per heavy atom. The topological polar surface area (TPSA) is 65.7 Å². The quantitative estimate of drug-likeness (QED) is 0.688. The summed E-state index contributed by atoms with van der Waals surface area (Å²) in [6.07, 6.45) is 0. The standard InChI is InChI=1S/C11H12N2O2/c1-6(2)7-4-3-5-8-9(7)13-11(15)10(14)12-8/h3-6H,1-2H3,(H,12,14)(H,13,15). The highest BCUT2D eigenvalue weighted by Crippen LogP contribution is 2.20. The minimum Gasteiger partial charge on any atom is -0.316 e. The molecule has 0 bridgehead atoms. The number of hydrogen-bond donors (Lipinski definition) is 2. The van der Waals surface area contributed by atoms with Crippen molar-refractivity contribution in [3.8, 4) is 0 Å². The maximum atomic E-state index is 11.2. The van der Waals surface area contributed by atoms with E-state index in [1.807, 2.05) is 26.0 Å². The van der Waals surface area contributed by atoms with E-state index in [-0.39, 0.29) is 0 Å². The molecule has 2 N–H and O–H groups in total. The highest BCUT2D eigenvalue weighted by molar-refractivity contribution is 5.77. The van der Waals surface area contributed by atoms with Gasteiger partial charge in [0.15, 0.2) is 0 Å². The van der Waals surface area contributed by atoms with Crippen LogP contribution in [0.4, 0.5) is 0 Å². The molecule has 0 aliphatic rings. The molecule has 15 heavy (non-hydrogen) atoms. The van der Waals surface area contributed by atoms with Gasteiger partial charge in [-0.3, -0.25) is 9.59 Å². The molecule has 0 saturated carbocycles. The van der Waals surface area contributed by atoms with Crippen LogP contribution in [0.15, 0.2) is 27.8 Å². The van der Waals surface area contributed by atoms with Gasteiger partial charge in [-0.15, -0.1) is 0 Å². The molecule has 1 aromatic carbocycles. The summed E-state index contributed by atoms with van der Waals surface area (Å²) < 4.78 is 0. The number of aromatic nitrogens is 2. The molecule has 1 heterocycles. The van der Waals surface area contributed by atoms with Gasteiger partial charge in [-0.25, -0.2) is 0 Å². The summed E-state index contributed by atoms with van der Waals surface area (Å²) in [5.41, 5.74) is 1.21. The van der Waals surface area contributed by atoms with Gasteiger partial charge in [0.25, 0.3) is 0 Å². The first kappa shape index (κ1) is 9.71. The summed E-state index contributed by atoms with van der Waals surface area (Å²) >= 11 is 0. The molecule has 0 aliphatic heterocycles. The second-order valence-corrected chi connectivity index (χ2v) is 3.83. The van der Waals surface area contributed by atoms with Crippen molar-refractivity contribution in [1.82, 2.24) is 9.97 Å². The van der Waals surface area contributed by atoms with Gasteiger partial charge in [-0.2, -0.15) is 0 Å². The van der Waals surface area contributed by atoms with Crippen molar-refractivity contribution in [2.24, 2.45) is 0 Å². The monoisotopic (exact) mass is 204 g/mol. The average Bonchev–Trinajstić information content (AvgIpc) is 2.18. The van der Waals surface area contributed by atoms with Crippen molar-refractivity contribution in [3.63, 3.8) is 0 Å². The molecular formula is C11H12N2O2. The molecule has 0 fully saturated rings. The van der Waals surface area contributed by atoms with E-state index < -0.39 is 11.1 Å². The Bertz CT molecular complexity index is 608. The molecule has 0 aliphatic carbocycles. The third kappa shape index (κ3) is 1.58. The first-order valence-corrected chi connectivity index (χ1v) is 4.85. The molecule has 0 saturated heterocycles. The fraction of sp³-hybridized carbons (Fsp3) is 0.273. The van der Waals surface area contributed by atoms with Crippen molar-refractivity contribution >= 4 is 11.0 Å². The second kappa shape index (κ2) is 3.38. The largest absolute Gasteiger partial charge is 0.316 e. The summed E-state index contributed by atoms with van der Waals surface area (Å²) in [5, 5.41) is 0. The molecule has 2 aromatic rings. The fourth-order valence-electron chi connectivity index (χ4n) is 1.64. The molecule has 0 amide bonds. The van der Waals surface area contributed by atoms with Crippen molar-refractivity contribution in [2.45, 2.75) is 19.8 Å². The Morgan fingerprint density at radius 2 is 1.73 bits per heavy atom. The summed E-state index contributed by atoms with van der Waals surface area (Å²) in [4.78, 5) is 27.5. The molecule has 2 rings (SSSR count). The van der Waals surface area contributed by atoms with Crippen LogP contribution in [0.1, 0.15) is 25.3 Å². The number of H-pyrrole nitrogens is 2. The number of aromatic amines is 2. The van der Waals surface area contributed by atoms with Gasteiger partial charge in [-0.1, -0.05) is 26.0 Å². The lowest BCUT2D eigenvalue weighted by molar-refractivity contribution is 0.870. The van der Waals surface area contributed by atoms with Crippen LogP contribution < -0.4 is 11.1 Å². The zero-order valence-corrected chi connectivity index (χ0v) is 8.63. The molecule has 4 nitrogen and oxygen atoms in total. The molecule has 4 heteroatoms. The van der Waals surface area contributed by atoms with Crippen LogP contribution in [0.25, 0.3) is 11.0 Å². The molecule has 1 aromatic heterocycles. The van der Waals surface area contributed by atoms with Crippen LogP contribution >= 0.6 is 0 Å². The number of benzene rings is 1. The Labute approximate surface area is 86.0 Å². The highest BCUT2D eigenvalue weighted by atomic mass is 16.2. The van der Waals surface area contributed by atoms with E-state index in [1.54, 1.807) is 6.07 Å². The summed E-state index contributed by atoms with van der Waals surface area (Å²) in [6.45, 7) is 4.08. The molecule has 0 radical (unpaired) electrons.